The zero-order valence-corrected chi connectivity index (χ0v) is 14.0. The summed E-state index contributed by atoms with van der Waals surface area (Å²) in [6.07, 6.45) is 5.94. The number of carbonyl (C=O) groups excluding carboxylic acids is 1. The summed E-state index contributed by atoms with van der Waals surface area (Å²) in [7, 11) is 0. The van der Waals surface area contributed by atoms with E-state index in [1.807, 2.05) is 30.2 Å². The van der Waals surface area contributed by atoms with Gasteiger partial charge in [0.15, 0.2) is 5.65 Å². The van der Waals surface area contributed by atoms with Crippen molar-refractivity contribution in [3.8, 4) is 0 Å². The molecule has 5 nitrogen and oxygen atoms in total. The van der Waals surface area contributed by atoms with Gasteiger partial charge in [-0.1, -0.05) is 12.1 Å². The van der Waals surface area contributed by atoms with E-state index in [0.717, 1.165) is 24.1 Å². The molecule has 0 N–H and O–H groups in total. The van der Waals surface area contributed by atoms with Crippen molar-refractivity contribution in [3.05, 3.63) is 65.4 Å². The Morgan fingerprint density at radius 2 is 2.24 bits per heavy atom. The molecule has 6 heteroatoms. The number of likely N-dealkylation sites (tertiary alicyclic amines) is 1. The van der Waals surface area contributed by atoms with E-state index in [2.05, 4.69) is 10.1 Å². The Morgan fingerprint density at radius 3 is 3.08 bits per heavy atom. The van der Waals surface area contributed by atoms with Gasteiger partial charge in [0, 0.05) is 24.5 Å². The topological polar surface area (TPSA) is 50.5 Å². The number of nitrogens with zero attached hydrogens (tertiary/aromatic N) is 4. The van der Waals surface area contributed by atoms with Gasteiger partial charge in [-0.25, -0.2) is 13.9 Å². The molecule has 0 radical (unpaired) electrons. The van der Waals surface area contributed by atoms with E-state index < -0.39 is 0 Å². The first-order valence-electron chi connectivity index (χ1n) is 8.48. The lowest BCUT2D eigenvalue weighted by atomic mass is 10.0. The second-order valence-corrected chi connectivity index (χ2v) is 6.52. The van der Waals surface area contributed by atoms with Gasteiger partial charge in [0.1, 0.15) is 11.4 Å². The van der Waals surface area contributed by atoms with Gasteiger partial charge >= 0.3 is 0 Å². The number of hydrogen-bond donors (Lipinski definition) is 0. The fourth-order valence-corrected chi connectivity index (χ4v) is 3.52. The van der Waals surface area contributed by atoms with Crippen LogP contribution in [0.2, 0.25) is 0 Å². The summed E-state index contributed by atoms with van der Waals surface area (Å²) in [5, 5.41) is 4.23. The Balaban J connectivity index is 1.60. The van der Waals surface area contributed by atoms with E-state index >= 15 is 0 Å². The van der Waals surface area contributed by atoms with Gasteiger partial charge in [0.2, 0.25) is 0 Å². The molecule has 0 bridgehead atoms. The lowest BCUT2D eigenvalue weighted by Crippen LogP contribution is -2.36. The summed E-state index contributed by atoms with van der Waals surface area (Å²) in [4.78, 5) is 19.4. The third-order valence-corrected chi connectivity index (χ3v) is 4.74. The summed E-state index contributed by atoms with van der Waals surface area (Å²) in [6, 6.07) is 8.54. The van der Waals surface area contributed by atoms with Crippen molar-refractivity contribution in [2.45, 2.75) is 32.2 Å². The Morgan fingerprint density at radius 1 is 1.36 bits per heavy atom. The van der Waals surface area contributed by atoms with Crippen LogP contribution in [0.4, 0.5) is 4.39 Å². The predicted molar refractivity (Wildman–Crippen MR) is 91.9 cm³/mol. The number of carbonyl (C=O) groups is 1. The highest BCUT2D eigenvalue weighted by Crippen LogP contribution is 2.24. The van der Waals surface area contributed by atoms with Crippen molar-refractivity contribution in [2.24, 2.45) is 0 Å². The molecule has 1 aliphatic heterocycles. The Labute approximate surface area is 145 Å². The van der Waals surface area contributed by atoms with E-state index in [9.17, 15) is 9.18 Å². The molecule has 3 aromatic rings. The molecule has 0 aliphatic carbocycles. The van der Waals surface area contributed by atoms with Crippen molar-refractivity contribution in [1.29, 1.82) is 0 Å². The van der Waals surface area contributed by atoms with E-state index in [1.165, 1.54) is 6.07 Å². The first-order valence-corrected chi connectivity index (χ1v) is 8.48. The van der Waals surface area contributed by atoms with E-state index in [0.29, 0.717) is 24.2 Å². The molecule has 25 heavy (non-hydrogen) atoms. The lowest BCUT2D eigenvalue weighted by molar-refractivity contribution is 0.0738. The SMILES string of the molecule is Cc1ccn2ncc(C(=O)N3CCCC3Cc3cccc(F)c3)c2n1. The minimum atomic E-state index is -0.240. The summed E-state index contributed by atoms with van der Waals surface area (Å²) in [5.74, 6) is -0.289. The standard InChI is InChI=1S/C19H19FN4O/c1-13-7-9-24-18(22-13)17(12-21-24)19(25)23-8-3-6-16(23)11-14-4-2-5-15(20)10-14/h2,4-5,7,9-10,12,16H,3,6,8,11H2,1H3. The van der Waals surface area contributed by atoms with Gasteiger partial charge in [-0.15, -0.1) is 0 Å². The van der Waals surface area contributed by atoms with Crippen molar-refractivity contribution in [1.82, 2.24) is 19.5 Å². The van der Waals surface area contributed by atoms with E-state index in [1.54, 1.807) is 22.8 Å². The Bertz CT molecular complexity index is 936. The first-order chi connectivity index (χ1) is 12.1. The average Bonchev–Trinajstić information content (AvgIpc) is 3.21. The van der Waals surface area contributed by atoms with Crippen LogP contribution in [0.1, 0.15) is 34.5 Å². The zero-order chi connectivity index (χ0) is 17.4. The quantitative estimate of drug-likeness (QED) is 0.738. The number of aromatic nitrogens is 3. The van der Waals surface area contributed by atoms with E-state index in [4.69, 9.17) is 0 Å². The van der Waals surface area contributed by atoms with Gasteiger partial charge in [-0.2, -0.15) is 5.10 Å². The molecule has 128 valence electrons. The van der Waals surface area contributed by atoms with Crippen LogP contribution in [-0.4, -0.2) is 38.0 Å². The molecule has 0 saturated carbocycles. The monoisotopic (exact) mass is 338 g/mol. The van der Waals surface area contributed by atoms with Crippen molar-refractivity contribution in [3.63, 3.8) is 0 Å². The van der Waals surface area contributed by atoms with Gasteiger partial charge < -0.3 is 4.90 Å². The number of aryl methyl sites for hydroxylation is 1. The van der Waals surface area contributed by atoms with Gasteiger partial charge in [-0.3, -0.25) is 4.79 Å². The summed E-state index contributed by atoms with van der Waals surface area (Å²) < 4.78 is 15.1. The van der Waals surface area contributed by atoms with Gasteiger partial charge in [0.25, 0.3) is 5.91 Å². The van der Waals surface area contributed by atoms with Crippen molar-refractivity contribution in [2.75, 3.05) is 6.54 Å². The average molecular weight is 338 g/mol. The molecule has 1 amide bonds. The number of hydrogen-bond acceptors (Lipinski definition) is 3. The van der Waals surface area contributed by atoms with Crippen LogP contribution < -0.4 is 0 Å². The number of amides is 1. The molecule has 4 rings (SSSR count). The molecule has 3 heterocycles. The summed E-state index contributed by atoms with van der Waals surface area (Å²) in [5.41, 5.74) is 2.87. The summed E-state index contributed by atoms with van der Waals surface area (Å²) >= 11 is 0. The van der Waals surface area contributed by atoms with Crippen LogP contribution in [-0.2, 0) is 6.42 Å². The Kier molecular flexibility index (Phi) is 3.95. The number of fused-ring (bicyclic) bond motifs is 1. The second-order valence-electron chi connectivity index (χ2n) is 6.52. The minimum Gasteiger partial charge on any atom is -0.335 e. The molecule has 1 unspecified atom stereocenters. The maximum atomic E-state index is 13.4. The largest absolute Gasteiger partial charge is 0.335 e. The van der Waals surface area contributed by atoms with Crippen LogP contribution in [0.15, 0.2) is 42.7 Å². The van der Waals surface area contributed by atoms with Crippen molar-refractivity contribution >= 4 is 11.6 Å². The number of halogens is 1. The summed E-state index contributed by atoms with van der Waals surface area (Å²) in [6.45, 7) is 2.60. The fraction of sp³-hybridized carbons (Fsp3) is 0.316. The third kappa shape index (κ3) is 2.99. The first kappa shape index (κ1) is 15.7. The maximum Gasteiger partial charge on any atom is 0.259 e. The second kappa shape index (κ2) is 6.27. The van der Waals surface area contributed by atoms with Gasteiger partial charge in [0.05, 0.1) is 6.20 Å². The van der Waals surface area contributed by atoms with E-state index in [-0.39, 0.29) is 17.8 Å². The molecule has 1 aromatic carbocycles. The molecule has 1 aliphatic rings. The molecule has 2 aromatic heterocycles. The number of rotatable bonds is 3. The van der Waals surface area contributed by atoms with Crippen LogP contribution in [0, 0.1) is 12.7 Å². The third-order valence-electron chi connectivity index (χ3n) is 4.74. The predicted octanol–water partition coefficient (Wildman–Crippen LogP) is 3.02. The van der Waals surface area contributed by atoms with Crippen LogP contribution >= 0.6 is 0 Å². The number of benzene rings is 1. The normalized spacial score (nSPS) is 17.4. The molecule has 1 fully saturated rings. The fourth-order valence-electron chi connectivity index (χ4n) is 3.52. The maximum absolute atomic E-state index is 13.4. The highest BCUT2D eigenvalue weighted by Gasteiger charge is 2.31. The Hall–Kier alpha value is -2.76. The van der Waals surface area contributed by atoms with Crippen LogP contribution in [0.5, 0.6) is 0 Å². The zero-order valence-electron chi connectivity index (χ0n) is 14.0. The highest BCUT2D eigenvalue weighted by atomic mass is 19.1. The van der Waals surface area contributed by atoms with Gasteiger partial charge in [-0.05, 0) is 49.9 Å². The molecular weight excluding hydrogens is 319 g/mol. The van der Waals surface area contributed by atoms with Crippen LogP contribution in [0.25, 0.3) is 5.65 Å². The molecule has 0 spiro atoms. The lowest BCUT2D eigenvalue weighted by Gasteiger charge is -2.24. The molecule has 1 saturated heterocycles. The molecular formula is C19H19FN4O. The highest BCUT2D eigenvalue weighted by molar-refractivity contribution is 6.00. The minimum absolute atomic E-state index is 0.0491. The van der Waals surface area contributed by atoms with Crippen molar-refractivity contribution < 1.29 is 9.18 Å². The van der Waals surface area contributed by atoms with Crippen LogP contribution in [0.3, 0.4) is 0 Å². The molecule has 1 atom stereocenters. The smallest absolute Gasteiger partial charge is 0.259 e.